The maximum atomic E-state index is 10.8. The Morgan fingerprint density at radius 3 is 2.85 bits per heavy atom. The van der Waals surface area contributed by atoms with E-state index in [-0.39, 0.29) is 5.91 Å². The molecule has 0 radical (unpaired) electrons. The molecule has 0 aliphatic rings. The second-order valence-corrected chi connectivity index (χ2v) is 3.65. The molecule has 0 aromatic heterocycles. The number of nitrogens with two attached hydrogens (primary N) is 1. The van der Waals surface area contributed by atoms with Gasteiger partial charge in [0.2, 0.25) is 5.91 Å². The number of hydrogen-bond donors (Lipinski definition) is 1. The summed E-state index contributed by atoms with van der Waals surface area (Å²) in [7, 11) is 0. The SMILES string of the molecule is NC(=O)c1cccc(CCCBr)c1. The molecule has 0 aliphatic carbocycles. The van der Waals surface area contributed by atoms with Crippen molar-refractivity contribution in [3.63, 3.8) is 0 Å². The summed E-state index contributed by atoms with van der Waals surface area (Å²) in [5, 5.41) is 0.980. The van der Waals surface area contributed by atoms with Gasteiger partial charge in [0, 0.05) is 10.9 Å². The highest BCUT2D eigenvalue weighted by Gasteiger charge is 2.00. The largest absolute Gasteiger partial charge is 0.366 e. The van der Waals surface area contributed by atoms with Crippen LogP contribution >= 0.6 is 15.9 Å². The van der Waals surface area contributed by atoms with Gasteiger partial charge in [-0.05, 0) is 30.5 Å². The van der Waals surface area contributed by atoms with E-state index in [1.54, 1.807) is 6.07 Å². The normalized spacial score (nSPS) is 9.92. The van der Waals surface area contributed by atoms with E-state index in [9.17, 15) is 4.79 Å². The van der Waals surface area contributed by atoms with Crippen LogP contribution in [-0.4, -0.2) is 11.2 Å². The van der Waals surface area contributed by atoms with Crippen LogP contribution in [0.3, 0.4) is 0 Å². The molecule has 1 aromatic carbocycles. The lowest BCUT2D eigenvalue weighted by atomic mass is 10.1. The lowest BCUT2D eigenvalue weighted by molar-refractivity contribution is 0.1000. The first-order valence-corrected chi connectivity index (χ1v) is 5.31. The van der Waals surface area contributed by atoms with Crippen LogP contribution in [0.2, 0.25) is 0 Å². The maximum absolute atomic E-state index is 10.8. The molecule has 13 heavy (non-hydrogen) atoms. The number of carbonyl (C=O) groups excluding carboxylic acids is 1. The Balaban J connectivity index is 2.73. The van der Waals surface area contributed by atoms with Gasteiger partial charge in [0.25, 0.3) is 0 Å². The summed E-state index contributed by atoms with van der Waals surface area (Å²) in [6.07, 6.45) is 2.05. The minimum Gasteiger partial charge on any atom is -0.366 e. The summed E-state index contributed by atoms with van der Waals surface area (Å²) in [6, 6.07) is 7.46. The fraction of sp³-hybridized carbons (Fsp3) is 0.300. The van der Waals surface area contributed by atoms with E-state index >= 15 is 0 Å². The molecular weight excluding hydrogens is 230 g/mol. The fourth-order valence-corrected chi connectivity index (χ4v) is 1.43. The Hall–Kier alpha value is -0.830. The fourth-order valence-electron chi connectivity index (χ4n) is 1.15. The third-order valence-electron chi connectivity index (χ3n) is 1.81. The molecule has 2 nitrogen and oxygen atoms in total. The molecule has 0 heterocycles. The number of carbonyl (C=O) groups is 1. The van der Waals surface area contributed by atoms with Gasteiger partial charge in [0.1, 0.15) is 0 Å². The lowest BCUT2D eigenvalue weighted by Crippen LogP contribution is -2.10. The molecular formula is C10H12BrNO. The number of amides is 1. The molecule has 0 atom stereocenters. The number of rotatable bonds is 4. The highest BCUT2D eigenvalue weighted by atomic mass is 79.9. The van der Waals surface area contributed by atoms with Gasteiger partial charge in [0.15, 0.2) is 0 Å². The van der Waals surface area contributed by atoms with Crippen molar-refractivity contribution in [3.8, 4) is 0 Å². The molecule has 3 heteroatoms. The van der Waals surface area contributed by atoms with Crippen molar-refractivity contribution in [3.05, 3.63) is 35.4 Å². The molecule has 1 rings (SSSR count). The van der Waals surface area contributed by atoms with Crippen LogP contribution in [0.15, 0.2) is 24.3 Å². The highest BCUT2D eigenvalue weighted by Crippen LogP contribution is 2.07. The second kappa shape index (κ2) is 5.02. The van der Waals surface area contributed by atoms with Gasteiger partial charge in [-0.2, -0.15) is 0 Å². The predicted octanol–water partition coefficient (Wildman–Crippen LogP) is 2.11. The maximum Gasteiger partial charge on any atom is 0.248 e. The van der Waals surface area contributed by atoms with E-state index in [1.165, 1.54) is 0 Å². The van der Waals surface area contributed by atoms with Crippen molar-refractivity contribution < 1.29 is 4.79 Å². The zero-order valence-corrected chi connectivity index (χ0v) is 8.88. The van der Waals surface area contributed by atoms with Crippen LogP contribution in [-0.2, 0) is 6.42 Å². The number of benzene rings is 1. The molecule has 70 valence electrons. The van der Waals surface area contributed by atoms with Crippen LogP contribution in [0.1, 0.15) is 22.3 Å². The molecule has 0 fully saturated rings. The molecule has 1 amide bonds. The Labute approximate surface area is 86.3 Å². The second-order valence-electron chi connectivity index (χ2n) is 2.86. The van der Waals surface area contributed by atoms with E-state index in [2.05, 4.69) is 15.9 Å². The van der Waals surface area contributed by atoms with E-state index in [4.69, 9.17) is 5.73 Å². The van der Waals surface area contributed by atoms with Crippen LogP contribution < -0.4 is 5.73 Å². The number of alkyl halides is 1. The van der Waals surface area contributed by atoms with Gasteiger partial charge in [-0.1, -0.05) is 28.1 Å². The topological polar surface area (TPSA) is 43.1 Å². The molecule has 0 saturated heterocycles. The summed E-state index contributed by atoms with van der Waals surface area (Å²) < 4.78 is 0. The first-order valence-electron chi connectivity index (χ1n) is 4.18. The molecule has 1 aromatic rings. The summed E-state index contributed by atoms with van der Waals surface area (Å²) in [6.45, 7) is 0. The minimum absolute atomic E-state index is 0.360. The van der Waals surface area contributed by atoms with Gasteiger partial charge in [-0.3, -0.25) is 4.79 Å². The number of hydrogen-bond acceptors (Lipinski definition) is 1. The minimum atomic E-state index is -0.360. The van der Waals surface area contributed by atoms with Gasteiger partial charge in [0.05, 0.1) is 0 Å². The van der Waals surface area contributed by atoms with E-state index in [0.717, 1.165) is 23.7 Å². The number of primary amides is 1. The van der Waals surface area contributed by atoms with Gasteiger partial charge in [-0.15, -0.1) is 0 Å². The Kier molecular flexibility index (Phi) is 3.96. The first-order chi connectivity index (χ1) is 6.24. The zero-order valence-electron chi connectivity index (χ0n) is 7.29. The Morgan fingerprint density at radius 1 is 1.46 bits per heavy atom. The van der Waals surface area contributed by atoms with Crippen LogP contribution in [0, 0.1) is 0 Å². The summed E-state index contributed by atoms with van der Waals surface area (Å²) >= 11 is 3.36. The van der Waals surface area contributed by atoms with Gasteiger partial charge in [-0.25, -0.2) is 0 Å². The van der Waals surface area contributed by atoms with E-state index in [1.807, 2.05) is 18.2 Å². The average molecular weight is 242 g/mol. The molecule has 2 N–H and O–H groups in total. The van der Waals surface area contributed by atoms with Gasteiger partial charge >= 0.3 is 0 Å². The summed E-state index contributed by atoms with van der Waals surface area (Å²) in [4.78, 5) is 10.8. The third kappa shape index (κ3) is 3.19. The number of halogens is 1. The van der Waals surface area contributed by atoms with Crippen molar-refractivity contribution in [2.45, 2.75) is 12.8 Å². The Bertz CT molecular complexity index is 299. The Morgan fingerprint density at radius 2 is 2.23 bits per heavy atom. The quantitative estimate of drug-likeness (QED) is 0.807. The van der Waals surface area contributed by atoms with Crippen molar-refractivity contribution in [2.75, 3.05) is 5.33 Å². The van der Waals surface area contributed by atoms with Crippen LogP contribution in [0.4, 0.5) is 0 Å². The number of aryl methyl sites for hydroxylation is 1. The highest BCUT2D eigenvalue weighted by molar-refractivity contribution is 9.09. The third-order valence-corrected chi connectivity index (χ3v) is 2.37. The van der Waals surface area contributed by atoms with Crippen LogP contribution in [0.25, 0.3) is 0 Å². The standard InChI is InChI=1S/C10H12BrNO/c11-6-2-4-8-3-1-5-9(7-8)10(12)13/h1,3,5,7H,2,4,6H2,(H2,12,13). The monoisotopic (exact) mass is 241 g/mol. The van der Waals surface area contributed by atoms with E-state index < -0.39 is 0 Å². The molecule has 0 unspecified atom stereocenters. The molecule has 0 saturated carbocycles. The zero-order chi connectivity index (χ0) is 9.68. The smallest absolute Gasteiger partial charge is 0.248 e. The van der Waals surface area contributed by atoms with Crippen molar-refractivity contribution in [2.24, 2.45) is 5.73 Å². The van der Waals surface area contributed by atoms with Crippen LogP contribution in [0.5, 0.6) is 0 Å². The lowest BCUT2D eigenvalue weighted by Gasteiger charge is -2.00. The molecule has 0 aliphatic heterocycles. The first kappa shape index (κ1) is 10.3. The van der Waals surface area contributed by atoms with E-state index in [0.29, 0.717) is 5.56 Å². The van der Waals surface area contributed by atoms with Crippen molar-refractivity contribution in [1.29, 1.82) is 0 Å². The van der Waals surface area contributed by atoms with Gasteiger partial charge < -0.3 is 5.73 Å². The predicted molar refractivity (Wildman–Crippen MR) is 57.1 cm³/mol. The summed E-state index contributed by atoms with van der Waals surface area (Å²) in [5.41, 5.74) is 6.92. The molecule has 0 bridgehead atoms. The molecule has 0 spiro atoms. The summed E-state index contributed by atoms with van der Waals surface area (Å²) in [5.74, 6) is -0.360. The van der Waals surface area contributed by atoms with Crippen molar-refractivity contribution >= 4 is 21.8 Å². The van der Waals surface area contributed by atoms with Crippen molar-refractivity contribution in [1.82, 2.24) is 0 Å². The average Bonchev–Trinajstić information content (AvgIpc) is 2.15.